The molecule has 2 aliphatic carbocycles. The zero-order chi connectivity index (χ0) is 11.5. The molecule has 0 aromatic rings. The van der Waals surface area contributed by atoms with Crippen LogP contribution in [0.25, 0.3) is 0 Å². The molecule has 15 heavy (non-hydrogen) atoms. The average molecular weight is 218 g/mol. The molecule has 1 saturated carbocycles. The second-order valence-electron chi connectivity index (χ2n) is 4.63. The molecular formula is C11H13F3O. The van der Waals surface area contributed by atoms with Crippen LogP contribution in [-0.4, -0.2) is 12.0 Å². The smallest absolute Gasteiger partial charge is 0.299 e. The molecule has 0 aromatic heterocycles. The number of halogens is 3. The minimum absolute atomic E-state index is 0.112. The van der Waals surface area contributed by atoms with Crippen LogP contribution in [0.5, 0.6) is 0 Å². The van der Waals surface area contributed by atoms with E-state index in [0.717, 1.165) is 0 Å². The van der Waals surface area contributed by atoms with E-state index in [1.165, 1.54) is 6.92 Å². The van der Waals surface area contributed by atoms with E-state index in [2.05, 4.69) is 0 Å². The molecule has 0 heterocycles. The van der Waals surface area contributed by atoms with Crippen molar-refractivity contribution in [3.63, 3.8) is 0 Å². The van der Waals surface area contributed by atoms with Crippen molar-refractivity contribution >= 4 is 5.78 Å². The van der Waals surface area contributed by atoms with Gasteiger partial charge < -0.3 is 0 Å². The first-order valence-corrected chi connectivity index (χ1v) is 5.08. The second kappa shape index (κ2) is 2.86. The third-order valence-corrected chi connectivity index (χ3v) is 4.02. The summed E-state index contributed by atoms with van der Waals surface area (Å²) in [6.45, 7) is 5.02. The van der Waals surface area contributed by atoms with Crippen molar-refractivity contribution in [3.8, 4) is 0 Å². The van der Waals surface area contributed by atoms with Crippen LogP contribution in [0.3, 0.4) is 0 Å². The Hall–Kier alpha value is -0.800. The predicted octanol–water partition coefficient (Wildman–Crippen LogP) is 2.97. The fraction of sp³-hybridized carbons (Fsp3) is 0.727. The van der Waals surface area contributed by atoms with Gasteiger partial charge in [-0.3, -0.25) is 4.79 Å². The van der Waals surface area contributed by atoms with Gasteiger partial charge in [-0.2, -0.15) is 13.2 Å². The highest BCUT2D eigenvalue weighted by molar-refractivity contribution is 5.94. The fourth-order valence-electron chi connectivity index (χ4n) is 3.07. The Morgan fingerprint density at radius 2 is 1.67 bits per heavy atom. The Morgan fingerprint density at radius 3 is 2.13 bits per heavy atom. The summed E-state index contributed by atoms with van der Waals surface area (Å²) in [5, 5.41) is 0. The minimum Gasteiger partial charge on any atom is -0.299 e. The lowest BCUT2D eigenvalue weighted by atomic mass is 9.61. The first-order valence-electron chi connectivity index (χ1n) is 5.08. The molecule has 0 amide bonds. The number of fused-ring (bicyclic) bond motifs is 1. The zero-order valence-electron chi connectivity index (χ0n) is 8.85. The van der Waals surface area contributed by atoms with Crippen molar-refractivity contribution < 1.29 is 18.0 Å². The van der Waals surface area contributed by atoms with Crippen LogP contribution < -0.4 is 0 Å². The number of carbonyl (C=O) groups is 1. The molecule has 1 fully saturated rings. The number of Topliss-reactive ketones (excluding diaryl/α,β-unsaturated/α-hetero) is 1. The summed E-state index contributed by atoms with van der Waals surface area (Å²) in [7, 11) is 0. The maximum atomic E-state index is 12.7. The van der Waals surface area contributed by atoms with Gasteiger partial charge in [0.1, 0.15) is 5.78 Å². The van der Waals surface area contributed by atoms with Crippen LogP contribution in [0.2, 0.25) is 0 Å². The monoisotopic (exact) mass is 218 g/mol. The Morgan fingerprint density at radius 1 is 1.13 bits per heavy atom. The molecule has 0 aliphatic heterocycles. The largest absolute Gasteiger partial charge is 0.413 e. The Kier molecular flexibility index (Phi) is 2.04. The number of rotatable bonds is 0. The quantitative estimate of drug-likeness (QED) is 0.571. The van der Waals surface area contributed by atoms with Gasteiger partial charge in [-0.25, -0.2) is 0 Å². The van der Waals surface area contributed by atoms with Crippen molar-refractivity contribution in [3.05, 3.63) is 11.1 Å². The van der Waals surface area contributed by atoms with E-state index in [4.69, 9.17) is 0 Å². The summed E-state index contributed by atoms with van der Waals surface area (Å²) >= 11 is 0. The van der Waals surface area contributed by atoms with Gasteiger partial charge >= 0.3 is 6.18 Å². The lowest BCUT2D eigenvalue weighted by Crippen LogP contribution is -2.48. The summed E-state index contributed by atoms with van der Waals surface area (Å²) in [4.78, 5) is 11.5. The summed E-state index contributed by atoms with van der Waals surface area (Å²) in [6.07, 6.45) is -4.34. The van der Waals surface area contributed by atoms with E-state index in [9.17, 15) is 18.0 Å². The van der Waals surface area contributed by atoms with Gasteiger partial charge in [-0.15, -0.1) is 0 Å². The van der Waals surface area contributed by atoms with Crippen molar-refractivity contribution in [2.24, 2.45) is 23.7 Å². The molecule has 2 aliphatic rings. The molecule has 84 valence electrons. The van der Waals surface area contributed by atoms with Gasteiger partial charge in [0.25, 0.3) is 0 Å². The molecule has 0 bridgehead atoms. The van der Waals surface area contributed by atoms with Crippen molar-refractivity contribution in [1.82, 2.24) is 0 Å². The van der Waals surface area contributed by atoms with Crippen molar-refractivity contribution in [1.29, 1.82) is 0 Å². The van der Waals surface area contributed by atoms with E-state index in [-0.39, 0.29) is 23.5 Å². The molecule has 4 atom stereocenters. The Balaban J connectivity index is 2.43. The maximum Gasteiger partial charge on any atom is 0.413 e. The number of hydrogen-bond donors (Lipinski definition) is 0. The number of carbonyl (C=O) groups excluding carboxylic acids is 1. The fourth-order valence-corrected chi connectivity index (χ4v) is 3.07. The topological polar surface area (TPSA) is 17.1 Å². The molecule has 1 nitrogen and oxygen atoms in total. The van der Waals surface area contributed by atoms with Crippen molar-refractivity contribution in [2.45, 2.75) is 26.9 Å². The SMILES string of the molecule is CC1=C(C(F)(F)F)C2C(=O)C(C)C2[C@H]1C. The number of hydrogen-bond acceptors (Lipinski definition) is 1. The van der Waals surface area contributed by atoms with Crippen LogP contribution >= 0.6 is 0 Å². The Bertz CT molecular complexity index is 353. The average Bonchev–Trinajstić information content (AvgIpc) is 2.36. The lowest BCUT2D eigenvalue weighted by Gasteiger charge is -2.40. The first kappa shape index (κ1) is 10.7. The normalized spacial score (nSPS) is 40.5. The van der Waals surface area contributed by atoms with Gasteiger partial charge in [0.2, 0.25) is 0 Å². The van der Waals surface area contributed by atoms with Crippen LogP contribution in [0.15, 0.2) is 11.1 Å². The van der Waals surface area contributed by atoms with Crippen LogP contribution in [-0.2, 0) is 4.79 Å². The van der Waals surface area contributed by atoms with Gasteiger partial charge in [0.15, 0.2) is 0 Å². The summed E-state index contributed by atoms with van der Waals surface area (Å²) in [5.41, 5.74) is -0.210. The molecule has 0 aromatic carbocycles. The molecule has 3 unspecified atom stereocenters. The van der Waals surface area contributed by atoms with Gasteiger partial charge in [-0.1, -0.05) is 19.4 Å². The highest BCUT2D eigenvalue weighted by Gasteiger charge is 2.61. The molecular weight excluding hydrogens is 205 g/mol. The van der Waals surface area contributed by atoms with E-state index < -0.39 is 17.7 Å². The van der Waals surface area contributed by atoms with E-state index in [1.54, 1.807) is 13.8 Å². The molecule has 0 spiro atoms. The second-order valence-corrected chi connectivity index (χ2v) is 4.63. The number of allylic oxidation sites excluding steroid dienone is 2. The van der Waals surface area contributed by atoms with E-state index >= 15 is 0 Å². The minimum atomic E-state index is -4.34. The number of ketones is 1. The van der Waals surface area contributed by atoms with Crippen LogP contribution in [0, 0.1) is 23.7 Å². The van der Waals surface area contributed by atoms with E-state index in [0.29, 0.717) is 5.57 Å². The zero-order valence-corrected chi connectivity index (χ0v) is 8.85. The summed E-state index contributed by atoms with van der Waals surface area (Å²) in [6, 6.07) is 0. The molecule has 0 saturated heterocycles. The highest BCUT2D eigenvalue weighted by atomic mass is 19.4. The highest BCUT2D eigenvalue weighted by Crippen LogP contribution is 2.57. The maximum absolute atomic E-state index is 12.7. The molecule has 4 heteroatoms. The predicted molar refractivity (Wildman–Crippen MR) is 49.1 cm³/mol. The Labute approximate surface area is 86.3 Å². The van der Waals surface area contributed by atoms with Gasteiger partial charge in [0, 0.05) is 11.5 Å². The van der Waals surface area contributed by atoms with E-state index in [1.807, 2.05) is 0 Å². The molecule has 0 radical (unpaired) electrons. The van der Waals surface area contributed by atoms with Crippen LogP contribution in [0.4, 0.5) is 13.2 Å². The molecule has 2 rings (SSSR count). The third kappa shape index (κ3) is 1.20. The lowest BCUT2D eigenvalue weighted by molar-refractivity contribution is -0.147. The van der Waals surface area contributed by atoms with Gasteiger partial charge in [0.05, 0.1) is 5.92 Å². The van der Waals surface area contributed by atoms with Crippen molar-refractivity contribution in [2.75, 3.05) is 0 Å². The first-order chi connectivity index (χ1) is 6.76. The third-order valence-electron chi connectivity index (χ3n) is 4.02. The van der Waals surface area contributed by atoms with Gasteiger partial charge in [-0.05, 0) is 18.8 Å². The van der Waals surface area contributed by atoms with Crippen LogP contribution in [0.1, 0.15) is 20.8 Å². The number of alkyl halides is 3. The standard InChI is InChI=1S/C11H13F3O/c1-4-5(2)9(11(12,13)14)8-7(4)6(3)10(8)15/h4,6-8H,1-3H3/t4-,6?,7?,8?/m0/s1. The molecule has 0 N–H and O–H groups in total. The summed E-state index contributed by atoms with van der Waals surface area (Å²) < 4.78 is 38.2. The summed E-state index contributed by atoms with van der Waals surface area (Å²) in [5.74, 6) is -1.54.